The van der Waals surface area contributed by atoms with Gasteiger partial charge in [0.2, 0.25) is 0 Å². The zero-order valence-corrected chi connectivity index (χ0v) is 8.75. The molecule has 0 aliphatic rings. The molecule has 0 amide bonds. The van der Waals surface area contributed by atoms with E-state index >= 15 is 0 Å². The van der Waals surface area contributed by atoms with E-state index in [1.165, 1.54) is 12.3 Å². The quantitative estimate of drug-likeness (QED) is 0.817. The fourth-order valence-corrected chi connectivity index (χ4v) is 1.53. The Hall–Kier alpha value is -2.04. The first-order chi connectivity index (χ1) is 8.08. The van der Waals surface area contributed by atoms with Crippen LogP contribution in [0.1, 0.15) is 11.1 Å². The number of nitrogens with zero attached hydrogens (tertiary/aromatic N) is 1. The molecule has 2 N–H and O–H groups in total. The Labute approximate surface area is 95.9 Å². The number of hydrogen-bond acceptors (Lipinski definition) is 2. The zero-order valence-electron chi connectivity index (χ0n) is 8.75. The number of hydrogen-bond donors (Lipinski definition) is 1. The van der Waals surface area contributed by atoms with Gasteiger partial charge in [-0.3, -0.25) is 0 Å². The molecule has 0 saturated carbocycles. The van der Waals surface area contributed by atoms with Crippen molar-refractivity contribution in [2.75, 3.05) is 5.73 Å². The number of aromatic nitrogens is 1. The minimum absolute atomic E-state index is 0.0782. The smallest absolute Gasteiger partial charge is 0.194 e. The van der Waals surface area contributed by atoms with Crippen LogP contribution >= 0.6 is 0 Å². The predicted molar refractivity (Wildman–Crippen MR) is 57.8 cm³/mol. The number of anilines is 1. The predicted octanol–water partition coefficient (Wildman–Crippen LogP) is 2.67. The molecule has 0 aliphatic carbocycles. The molecule has 2 aromatic rings. The minimum atomic E-state index is -1.45. The monoisotopic (exact) mass is 238 g/mol. The molecule has 17 heavy (non-hydrogen) atoms. The summed E-state index contributed by atoms with van der Waals surface area (Å²) in [6, 6.07) is 5.31. The number of nitrogen functional groups attached to an aromatic ring is 1. The summed E-state index contributed by atoms with van der Waals surface area (Å²) < 4.78 is 39.1. The average molecular weight is 238 g/mol. The average Bonchev–Trinajstić information content (AvgIpc) is 2.30. The normalized spacial score (nSPS) is 10.5. The molecule has 0 spiro atoms. The third-order valence-electron chi connectivity index (χ3n) is 2.36. The highest BCUT2D eigenvalue weighted by atomic mass is 19.2. The molecule has 88 valence electrons. The SMILES string of the molecule is Nc1cc(Cc2ccc(F)c(F)c2F)ccn1. The van der Waals surface area contributed by atoms with E-state index in [1.54, 1.807) is 12.1 Å². The first-order valence-corrected chi connectivity index (χ1v) is 4.90. The Morgan fingerprint density at radius 3 is 2.53 bits per heavy atom. The lowest BCUT2D eigenvalue weighted by atomic mass is 10.1. The van der Waals surface area contributed by atoms with Crippen molar-refractivity contribution in [2.45, 2.75) is 6.42 Å². The van der Waals surface area contributed by atoms with E-state index in [0.29, 0.717) is 11.4 Å². The van der Waals surface area contributed by atoms with Gasteiger partial charge < -0.3 is 5.73 Å². The Kier molecular flexibility index (Phi) is 2.99. The van der Waals surface area contributed by atoms with E-state index in [2.05, 4.69) is 4.98 Å². The number of rotatable bonds is 2. The first-order valence-electron chi connectivity index (χ1n) is 4.90. The van der Waals surface area contributed by atoms with Crippen molar-refractivity contribution in [3.05, 3.63) is 59.0 Å². The van der Waals surface area contributed by atoms with Gasteiger partial charge in [-0.05, 0) is 29.3 Å². The summed E-state index contributed by atoms with van der Waals surface area (Å²) >= 11 is 0. The van der Waals surface area contributed by atoms with Gasteiger partial charge in [0.25, 0.3) is 0 Å². The molecule has 1 heterocycles. The minimum Gasteiger partial charge on any atom is -0.384 e. The molecule has 0 fully saturated rings. The lowest BCUT2D eigenvalue weighted by Crippen LogP contribution is -1.99. The summed E-state index contributed by atoms with van der Waals surface area (Å²) in [5.41, 5.74) is 6.23. The summed E-state index contributed by atoms with van der Waals surface area (Å²) in [6.07, 6.45) is 1.61. The molecule has 1 aromatic heterocycles. The molecule has 0 saturated heterocycles. The van der Waals surface area contributed by atoms with Crippen molar-refractivity contribution in [1.29, 1.82) is 0 Å². The molecule has 2 rings (SSSR count). The maximum Gasteiger partial charge on any atom is 0.194 e. The first kappa shape index (κ1) is 11.4. The van der Waals surface area contributed by atoms with Crippen LogP contribution in [0.4, 0.5) is 19.0 Å². The van der Waals surface area contributed by atoms with Gasteiger partial charge in [-0.1, -0.05) is 6.07 Å². The van der Waals surface area contributed by atoms with E-state index in [1.807, 2.05) is 0 Å². The highest BCUT2D eigenvalue weighted by Crippen LogP contribution is 2.18. The van der Waals surface area contributed by atoms with Gasteiger partial charge in [-0.25, -0.2) is 18.2 Å². The van der Waals surface area contributed by atoms with E-state index < -0.39 is 17.5 Å². The number of benzene rings is 1. The third-order valence-corrected chi connectivity index (χ3v) is 2.36. The largest absolute Gasteiger partial charge is 0.384 e. The van der Waals surface area contributed by atoms with Crippen molar-refractivity contribution in [1.82, 2.24) is 4.98 Å². The van der Waals surface area contributed by atoms with Crippen molar-refractivity contribution < 1.29 is 13.2 Å². The van der Waals surface area contributed by atoms with Crippen molar-refractivity contribution in [3.63, 3.8) is 0 Å². The molecule has 1 aromatic carbocycles. The van der Waals surface area contributed by atoms with Gasteiger partial charge >= 0.3 is 0 Å². The van der Waals surface area contributed by atoms with E-state index in [9.17, 15) is 13.2 Å². The van der Waals surface area contributed by atoms with E-state index in [4.69, 9.17) is 5.73 Å². The van der Waals surface area contributed by atoms with Crippen LogP contribution in [0.25, 0.3) is 0 Å². The molecule has 0 bridgehead atoms. The van der Waals surface area contributed by atoms with Gasteiger partial charge in [-0.2, -0.15) is 0 Å². The highest BCUT2D eigenvalue weighted by Gasteiger charge is 2.13. The van der Waals surface area contributed by atoms with Gasteiger partial charge in [0.05, 0.1) is 0 Å². The fourth-order valence-electron chi connectivity index (χ4n) is 1.53. The second-order valence-electron chi connectivity index (χ2n) is 3.60. The van der Waals surface area contributed by atoms with Crippen LogP contribution in [-0.4, -0.2) is 4.98 Å². The molecule has 2 nitrogen and oxygen atoms in total. The van der Waals surface area contributed by atoms with Crippen molar-refractivity contribution in [3.8, 4) is 0 Å². The molecule has 5 heteroatoms. The van der Waals surface area contributed by atoms with Crippen LogP contribution in [0.5, 0.6) is 0 Å². The van der Waals surface area contributed by atoms with Gasteiger partial charge in [-0.15, -0.1) is 0 Å². The third kappa shape index (κ3) is 2.38. The lowest BCUT2D eigenvalue weighted by Gasteiger charge is -2.05. The Morgan fingerprint density at radius 2 is 1.82 bits per heavy atom. The Bertz CT molecular complexity index is 555. The summed E-state index contributed by atoms with van der Waals surface area (Å²) in [4.78, 5) is 3.79. The summed E-state index contributed by atoms with van der Waals surface area (Å²) in [7, 11) is 0. The number of halogens is 3. The van der Waals surface area contributed by atoms with E-state index in [-0.39, 0.29) is 12.0 Å². The summed E-state index contributed by atoms with van der Waals surface area (Å²) in [5, 5.41) is 0. The van der Waals surface area contributed by atoms with Crippen LogP contribution < -0.4 is 5.73 Å². The standard InChI is InChI=1S/C12H9F3N2/c13-9-2-1-8(11(14)12(9)15)5-7-3-4-17-10(16)6-7/h1-4,6H,5H2,(H2,16,17). The number of pyridine rings is 1. The maximum atomic E-state index is 13.4. The second-order valence-corrected chi connectivity index (χ2v) is 3.60. The second kappa shape index (κ2) is 4.45. The van der Waals surface area contributed by atoms with Crippen LogP contribution in [0.2, 0.25) is 0 Å². The summed E-state index contributed by atoms with van der Waals surface area (Å²) in [6.45, 7) is 0. The van der Waals surface area contributed by atoms with Gasteiger partial charge in [0, 0.05) is 12.6 Å². The Balaban J connectivity index is 2.34. The highest BCUT2D eigenvalue weighted by molar-refractivity contribution is 5.35. The molecule has 0 radical (unpaired) electrons. The molecule has 0 aliphatic heterocycles. The molecular weight excluding hydrogens is 229 g/mol. The van der Waals surface area contributed by atoms with Gasteiger partial charge in [0.1, 0.15) is 5.82 Å². The van der Waals surface area contributed by atoms with Crippen LogP contribution in [-0.2, 0) is 6.42 Å². The summed E-state index contributed by atoms with van der Waals surface area (Å²) in [5.74, 6) is -3.52. The van der Waals surface area contributed by atoms with Crippen LogP contribution in [0, 0.1) is 17.5 Å². The molecule has 0 atom stereocenters. The Morgan fingerprint density at radius 1 is 1.06 bits per heavy atom. The van der Waals surface area contributed by atoms with Crippen molar-refractivity contribution in [2.24, 2.45) is 0 Å². The van der Waals surface area contributed by atoms with Crippen LogP contribution in [0.15, 0.2) is 30.5 Å². The molecule has 0 unspecified atom stereocenters. The zero-order chi connectivity index (χ0) is 12.4. The van der Waals surface area contributed by atoms with Crippen molar-refractivity contribution >= 4 is 5.82 Å². The van der Waals surface area contributed by atoms with E-state index in [0.717, 1.165) is 6.07 Å². The fraction of sp³-hybridized carbons (Fsp3) is 0.0833. The van der Waals surface area contributed by atoms with Gasteiger partial charge in [0.15, 0.2) is 17.5 Å². The molecular formula is C12H9F3N2. The number of nitrogens with two attached hydrogens (primary N) is 1. The topological polar surface area (TPSA) is 38.9 Å². The maximum absolute atomic E-state index is 13.4. The van der Waals surface area contributed by atoms with Crippen LogP contribution in [0.3, 0.4) is 0 Å². The lowest BCUT2D eigenvalue weighted by molar-refractivity contribution is 0.442.